The molecule has 3 nitrogen and oxygen atoms in total. The molecule has 0 saturated carbocycles. The van der Waals surface area contributed by atoms with Gasteiger partial charge in [0.2, 0.25) is 0 Å². The van der Waals surface area contributed by atoms with Crippen LogP contribution in [0.2, 0.25) is 0 Å². The maximum Gasteiger partial charge on any atom is 0.0907 e. The zero-order valence-electron chi connectivity index (χ0n) is 11.7. The second-order valence-electron chi connectivity index (χ2n) is 4.97. The van der Waals surface area contributed by atoms with Crippen molar-refractivity contribution in [3.8, 4) is 0 Å². The summed E-state index contributed by atoms with van der Waals surface area (Å²) >= 11 is 0. The number of nitrogens with one attached hydrogen (secondary N) is 1. The van der Waals surface area contributed by atoms with Crippen molar-refractivity contribution >= 4 is 16.7 Å². The second-order valence-corrected chi connectivity index (χ2v) is 4.97. The molecule has 3 aromatic rings. The lowest BCUT2D eigenvalue weighted by Crippen LogP contribution is -2.02. The van der Waals surface area contributed by atoms with Crippen molar-refractivity contribution in [1.82, 2.24) is 9.97 Å². The molecule has 3 heteroatoms. The van der Waals surface area contributed by atoms with Crippen LogP contribution in [0.15, 0.2) is 48.8 Å². The van der Waals surface area contributed by atoms with Crippen LogP contribution in [-0.4, -0.2) is 9.97 Å². The lowest BCUT2D eigenvalue weighted by Gasteiger charge is -2.11. The van der Waals surface area contributed by atoms with Gasteiger partial charge in [0.15, 0.2) is 0 Å². The van der Waals surface area contributed by atoms with E-state index >= 15 is 0 Å². The van der Waals surface area contributed by atoms with Crippen LogP contribution >= 0.6 is 0 Å². The summed E-state index contributed by atoms with van der Waals surface area (Å²) in [4.78, 5) is 8.60. The highest BCUT2D eigenvalue weighted by atomic mass is 14.9. The van der Waals surface area contributed by atoms with Crippen molar-refractivity contribution in [3.63, 3.8) is 0 Å². The molecule has 0 spiro atoms. The van der Waals surface area contributed by atoms with Crippen molar-refractivity contribution in [3.05, 3.63) is 65.5 Å². The number of nitrogens with zero attached hydrogens (tertiary/aromatic N) is 2. The van der Waals surface area contributed by atoms with Crippen molar-refractivity contribution < 1.29 is 0 Å². The minimum Gasteiger partial charge on any atom is -0.381 e. The Balaban J connectivity index is 1.81. The lowest BCUT2D eigenvalue weighted by molar-refractivity contribution is 1.10. The fourth-order valence-corrected chi connectivity index (χ4v) is 2.27. The number of aryl methyl sites for hydroxylation is 1. The molecule has 3 rings (SSSR count). The fourth-order valence-electron chi connectivity index (χ4n) is 2.27. The summed E-state index contributed by atoms with van der Waals surface area (Å²) in [5.41, 5.74) is 6.90. The molecule has 0 aliphatic carbocycles. The molecule has 0 atom stereocenters. The first kappa shape index (κ1) is 12.6. The molecule has 0 aliphatic heterocycles. The van der Waals surface area contributed by atoms with Crippen LogP contribution in [0.3, 0.4) is 0 Å². The molecule has 0 amide bonds. The van der Waals surface area contributed by atoms with Crippen LogP contribution in [0.5, 0.6) is 0 Å². The predicted octanol–water partition coefficient (Wildman–Crippen LogP) is 3.86. The standard InChI is InChI=1S/C17H17N3/c1-12-4-3-5-14(13(12)2)11-20-15-6-7-16-17(10-15)19-9-8-18-16/h3-10,20H,11H2,1-2H3. The van der Waals surface area contributed by atoms with Crippen LogP contribution < -0.4 is 5.32 Å². The third-order valence-electron chi connectivity index (χ3n) is 3.67. The summed E-state index contributed by atoms with van der Waals surface area (Å²) in [6.07, 6.45) is 3.43. The molecule has 0 bridgehead atoms. The SMILES string of the molecule is Cc1cccc(CNc2ccc3nccnc3c2)c1C. The molecule has 1 N–H and O–H groups in total. The number of rotatable bonds is 3. The van der Waals surface area contributed by atoms with Crippen LogP contribution in [0.25, 0.3) is 11.0 Å². The number of aromatic nitrogens is 2. The van der Waals surface area contributed by atoms with E-state index in [2.05, 4.69) is 47.3 Å². The Morgan fingerprint density at radius 1 is 0.950 bits per heavy atom. The molecule has 1 heterocycles. The lowest BCUT2D eigenvalue weighted by atomic mass is 10.0. The van der Waals surface area contributed by atoms with Crippen LogP contribution in [-0.2, 0) is 6.54 Å². The van der Waals surface area contributed by atoms with Gasteiger partial charge in [0.05, 0.1) is 11.0 Å². The van der Waals surface area contributed by atoms with Gasteiger partial charge in [0.1, 0.15) is 0 Å². The smallest absolute Gasteiger partial charge is 0.0907 e. The van der Waals surface area contributed by atoms with Crippen molar-refractivity contribution in [2.24, 2.45) is 0 Å². The van der Waals surface area contributed by atoms with E-state index < -0.39 is 0 Å². The van der Waals surface area contributed by atoms with Gasteiger partial charge in [0, 0.05) is 24.6 Å². The Bertz CT molecular complexity index is 750. The molecule has 0 fully saturated rings. The Morgan fingerprint density at radius 2 is 1.75 bits per heavy atom. The van der Waals surface area contributed by atoms with Crippen molar-refractivity contribution in [1.29, 1.82) is 0 Å². The van der Waals surface area contributed by atoms with E-state index in [0.717, 1.165) is 23.3 Å². The van der Waals surface area contributed by atoms with E-state index in [1.807, 2.05) is 18.2 Å². The zero-order valence-corrected chi connectivity index (χ0v) is 11.7. The van der Waals surface area contributed by atoms with Gasteiger partial charge in [-0.25, -0.2) is 0 Å². The summed E-state index contributed by atoms with van der Waals surface area (Å²) in [7, 11) is 0. The monoisotopic (exact) mass is 263 g/mol. The molecule has 1 aromatic heterocycles. The van der Waals surface area contributed by atoms with E-state index in [-0.39, 0.29) is 0 Å². The number of anilines is 1. The normalized spacial score (nSPS) is 10.7. The number of benzene rings is 2. The summed E-state index contributed by atoms with van der Waals surface area (Å²) in [6, 6.07) is 12.5. The second kappa shape index (κ2) is 5.29. The highest BCUT2D eigenvalue weighted by molar-refractivity contribution is 5.78. The Hall–Kier alpha value is -2.42. The van der Waals surface area contributed by atoms with Gasteiger partial charge in [-0.15, -0.1) is 0 Å². The molecular formula is C17H17N3. The quantitative estimate of drug-likeness (QED) is 0.779. The topological polar surface area (TPSA) is 37.8 Å². The Kier molecular flexibility index (Phi) is 3.33. The zero-order chi connectivity index (χ0) is 13.9. The summed E-state index contributed by atoms with van der Waals surface area (Å²) in [5.74, 6) is 0. The largest absolute Gasteiger partial charge is 0.381 e. The molecule has 0 radical (unpaired) electrons. The fraction of sp³-hybridized carbons (Fsp3) is 0.176. The van der Waals surface area contributed by atoms with Crippen molar-refractivity contribution in [2.45, 2.75) is 20.4 Å². The highest BCUT2D eigenvalue weighted by Gasteiger charge is 2.02. The number of hydrogen-bond acceptors (Lipinski definition) is 3. The average molecular weight is 263 g/mol. The van der Waals surface area contributed by atoms with E-state index in [1.165, 1.54) is 16.7 Å². The van der Waals surface area contributed by atoms with Crippen LogP contribution in [0.1, 0.15) is 16.7 Å². The van der Waals surface area contributed by atoms with Gasteiger partial charge in [-0.05, 0) is 48.7 Å². The number of fused-ring (bicyclic) bond motifs is 1. The molecule has 0 saturated heterocycles. The molecule has 2 aromatic carbocycles. The average Bonchev–Trinajstić information content (AvgIpc) is 2.48. The van der Waals surface area contributed by atoms with Gasteiger partial charge in [-0.1, -0.05) is 18.2 Å². The van der Waals surface area contributed by atoms with Gasteiger partial charge in [-0.3, -0.25) is 9.97 Å². The van der Waals surface area contributed by atoms with E-state index in [1.54, 1.807) is 12.4 Å². The predicted molar refractivity (Wildman–Crippen MR) is 82.8 cm³/mol. The third-order valence-corrected chi connectivity index (χ3v) is 3.67. The van der Waals surface area contributed by atoms with E-state index in [9.17, 15) is 0 Å². The third kappa shape index (κ3) is 2.48. The molecule has 100 valence electrons. The summed E-state index contributed by atoms with van der Waals surface area (Å²) in [5, 5.41) is 3.45. The van der Waals surface area contributed by atoms with E-state index in [4.69, 9.17) is 0 Å². The van der Waals surface area contributed by atoms with Crippen LogP contribution in [0.4, 0.5) is 5.69 Å². The minimum absolute atomic E-state index is 0.819. The molecule has 0 unspecified atom stereocenters. The molecule has 0 aliphatic rings. The first-order valence-electron chi connectivity index (χ1n) is 6.74. The molecular weight excluding hydrogens is 246 g/mol. The van der Waals surface area contributed by atoms with Gasteiger partial charge in [0.25, 0.3) is 0 Å². The van der Waals surface area contributed by atoms with Gasteiger partial charge in [-0.2, -0.15) is 0 Å². The van der Waals surface area contributed by atoms with E-state index in [0.29, 0.717) is 0 Å². The Labute approximate surface area is 118 Å². The maximum atomic E-state index is 4.33. The van der Waals surface area contributed by atoms with Gasteiger partial charge >= 0.3 is 0 Å². The van der Waals surface area contributed by atoms with Crippen molar-refractivity contribution in [2.75, 3.05) is 5.32 Å². The summed E-state index contributed by atoms with van der Waals surface area (Å²) < 4.78 is 0. The van der Waals surface area contributed by atoms with Crippen LogP contribution in [0, 0.1) is 13.8 Å². The summed E-state index contributed by atoms with van der Waals surface area (Å²) in [6.45, 7) is 5.13. The minimum atomic E-state index is 0.819. The van der Waals surface area contributed by atoms with Gasteiger partial charge < -0.3 is 5.32 Å². The Morgan fingerprint density at radius 3 is 2.60 bits per heavy atom. The first-order chi connectivity index (χ1) is 9.74. The first-order valence-corrected chi connectivity index (χ1v) is 6.74. The highest BCUT2D eigenvalue weighted by Crippen LogP contribution is 2.18. The number of hydrogen-bond donors (Lipinski definition) is 1. The maximum absolute atomic E-state index is 4.33. The molecule has 20 heavy (non-hydrogen) atoms.